The highest BCUT2D eigenvalue weighted by atomic mass is 16.5. The number of piperidine rings is 1. The Hall–Kier alpha value is -2.57. The van der Waals surface area contributed by atoms with Crippen LogP contribution in [-0.2, 0) is 9.59 Å². The number of ether oxygens (including phenoxy) is 1. The van der Waals surface area contributed by atoms with Crippen LogP contribution in [0.5, 0.6) is 5.75 Å². The summed E-state index contributed by atoms with van der Waals surface area (Å²) in [7, 11) is 0. The third-order valence-electron chi connectivity index (χ3n) is 3.70. The van der Waals surface area contributed by atoms with Crippen LogP contribution in [0.1, 0.15) is 23.2 Å². The summed E-state index contributed by atoms with van der Waals surface area (Å²) < 4.78 is 5.38. The van der Waals surface area contributed by atoms with Crippen molar-refractivity contribution in [2.24, 2.45) is 11.7 Å². The summed E-state index contributed by atoms with van der Waals surface area (Å²) in [5.41, 5.74) is 5.46. The second kappa shape index (κ2) is 6.93. The van der Waals surface area contributed by atoms with Crippen molar-refractivity contribution < 1.29 is 24.2 Å². The van der Waals surface area contributed by atoms with Crippen LogP contribution in [0.25, 0.3) is 0 Å². The van der Waals surface area contributed by atoms with Gasteiger partial charge in [-0.2, -0.15) is 0 Å². The lowest BCUT2D eigenvalue weighted by atomic mass is 9.97. The molecule has 22 heavy (non-hydrogen) atoms. The Morgan fingerprint density at radius 3 is 2.45 bits per heavy atom. The zero-order chi connectivity index (χ0) is 16.1. The van der Waals surface area contributed by atoms with Gasteiger partial charge in [0.1, 0.15) is 5.75 Å². The molecule has 1 aromatic rings. The molecule has 0 saturated carbocycles. The molecule has 1 heterocycles. The second-order valence-electron chi connectivity index (χ2n) is 5.14. The number of carboxylic acid groups (broad SMARTS) is 1. The number of nitrogens with two attached hydrogens (primary N) is 1. The molecule has 1 aliphatic heterocycles. The van der Waals surface area contributed by atoms with Gasteiger partial charge in [-0.25, -0.2) is 0 Å². The third kappa shape index (κ3) is 3.75. The number of hydrogen-bond acceptors (Lipinski definition) is 4. The fourth-order valence-corrected chi connectivity index (χ4v) is 2.40. The van der Waals surface area contributed by atoms with Crippen LogP contribution in [0, 0.1) is 5.92 Å². The number of benzene rings is 1. The van der Waals surface area contributed by atoms with E-state index in [9.17, 15) is 14.4 Å². The fourth-order valence-electron chi connectivity index (χ4n) is 2.40. The number of carboxylic acids is 1. The predicted molar refractivity (Wildman–Crippen MR) is 77.4 cm³/mol. The van der Waals surface area contributed by atoms with Gasteiger partial charge in [0.2, 0.25) is 0 Å². The largest absolute Gasteiger partial charge is 0.483 e. The molecule has 1 fully saturated rings. The van der Waals surface area contributed by atoms with Crippen molar-refractivity contribution in [1.82, 2.24) is 4.90 Å². The molecule has 1 saturated heterocycles. The number of carbonyl (C=O) groups is 3. The smallest absolute Gasteiger partial charge is 0.306 e. The van der Waals surface area contributed by atoms with E-state index in [0.717, 1.165) is 0 Å². The third-order valence-corrected chi connectivity index (χ3v) is 3.70. The molecule has 0 aromatic heterocycles. The van der Waals surface area contributed by atoms with Crippen LogP contribution >= 0.6 is 0 Å². The number of amides is 2. The standard InChI is InChI=1S/C15H18N2O5/c16-14(19)11-3-1-2-4-12(11)22-9-13(18)17-7-5-10(6-8-17)15(20)21/h1-4,10H,5-9H2,(H2,16,19)(H,20,21). The average Bonchev–Trinajstić information content (AvgIpc) is 2.52. The molecular formula is C15H18N2O5. The van der Waals surface area contributed by atoms with Gasteiger partial charge in [0.25, 0.3) is 11.8 Å². The number of hydrogen-bond donors (Lipinski definition) is 2. The Kier molecular flexibility index (Phi) is 4.98. The molecule has 0 spiro atoms. The molecule has 1 aliphatic rings. The van der Waals surface area contributed by atoms with Gasteiger partial charge in [0, 0.05) is 13.1 Å². The summed E-state index contributed by atoms with van der Waals surface area (Å²) in [5.74, 6) is -1.79. The minimum atomic E-state index is -0.821. The van der Waals surface area contributed by atoms with Crippen LogP contribution in [-0.4, -0.2) is 47.5 Å². The van der Waals surface area contributed by atoms with Gasteiger partial charge in [0.15, 0.2) is 6.61 Å². The lowest BCUT2D eigenvalue weighted by molar-refractivity contribution is -0.146. The molecule has 2 rings (SSSR count). The van der Waals surface area contributed by atoms with Gasteiger partial charge >= 0.3 is 5.97 Å². The molecule has 0 aliphatic carbocycles. The van der Waals surface area contributed by atoms with Gasteiger partial charge in [0.05, 0.1) is 11.5 Å². The van der Waals surface area contributed by atoms with Crippen LogP contribution in [0.2, 0.25) is 0 Å². The number of para-hydroxylation sites is 1. The zero-order valence-corrected chi connectivity index (χ0v) is 12.0. The van der Waals surface area contributed by atoms with Gasteiger partial charge < -0.3 is 20.5 Å². The SMILES string of the molecule is NC(=O)c1ccccc1OCC(=O)N1CCC(C(=O)O)CC1. The van der Waals surface area contributed by atoms with Crippen molar-refractivity contribution in [3.05, 3.63) is 29.8 Å². The number of likely N-dealkylation sites (tertiary alicyclic amines) is 1. The van der Waals surface area contributed by atoms with Gasteiger partial charge in [-0.05, 0) is 25.0 Å². The Morgan fingerprint density at radius 1 is 1.23 bits per heavy atom. The van der Waals surface area contributed by atoms with E-state index in [2.05, 4.69) is 0 Å². The van der Waals surface area contributed by atoms with E-state index in [1.807, 2.05) is 0 Å². The van der Waals surface area contributed by atoms with Gasteiger partial charge in [-0.15, -0.1) is 0 Å². The molecular weight excluding hydrogens is 288 g/mol. The van der Waals surface area contributed by atoms with Crippen molar-refractivity contribution in [3.63, 3.8) is 0 Å². The number of aliphatic carboxylic acids is 1. The van der Waals surface area contributed by atoms with E-state index < -0.39 is 11.9 Å². The lowest BCUT2D eigenvalue weighted by Gasteiger charge is -2.30. The highest BCUT2D eigenvalue weighted by molar-refractivity contribution is 5.95. The first-order valence-corrected chi connectivity index (χ1v) is 7.01. The fraction of sp³-hybridized carbons (Fsp3) is 0.400. The van der Waals surface area contributed by atoms with E-state index in [1.165, 1.54) is 6.07 Å². The monoisotopic (exact) mass is 306 g/mol. The molecule has 0 unspecified atom stereocenters. The lowest BCUT2D eigenvalue weighted by Crippen LogP contribution is -2.42. The molecule has 2 amide bonds. The van der Waals surface area contributed by atoms with E-state index in [-0.39, 0.29) is 29.7 Å². The number of primary amides is 1. The van der Waals surface area contributed by atoms with Crippen LogP contribution in [0.4, 0.5) is 0 Å². The summed E-state index contributed by atoms with van der Waals surface area (Å²) in [5, 5.41) is 8.93. The van der Waals surface area contributed by atoms with Crippen LogP contribution < -0.4 is 10.5 Å². The molecule has 7 heteroatoms. The van der Waals surface area contributed by atoms with Crippen molar-refractivity contribution >= 4 is 17.8 Å². The first-order valence-electron chi connectivity index (χ1n) is 7.01. The van der Waals surface area contributed by atoms with Crippen molar-refractivity contribution in [2.45, 2.75) is 12.8 Å². The second-order valence-corrected chi connectivity index (χ2v) is 5.14. The maximum Gasteiger partial charge on any atom is 0.306 e. The molecule has 3 N–H and O–H groups in total. The molecule has 1 aromatic carbocycles. The Labute approximate surface area is 127 Å². The summed E-state index contributed by atoms with van der Waals surface area (Å²) in [6, 6.07) is 6.45. The van der Waals surface area contributed by atoms with E-state index >= 15 is 0 Å². The number of rotatable bonds is 5. The average molecular weight is 306 g/mol. The molecule has 118 valence electrons. The topological polar surface area (TPSA) is 110 Å². The van der Waals surface area contributed by atoms with Crippen LogP contribution in [0.15, 0.2) is 24.3 Å². The maximum atomic E-state index is 12.1. The van der Waals surface area contributed by atoms with Gasteiger partial charge in [-0.1, -0.05) is 12.1 Å². The number of carbonyl (C=O) groups excluding carboxylic acids is 2. The first-order chi connectivity index (χ1) is 10.5. The van der Waals surface area contributed by atoms with E-state index in [4.69, 9.17) is 15.6 Å². The zero-order valence-electron chi connectivity index (χ0n) is 12.0. The summed E-state index contributed by atoms with van der Waals surface area (Å²) in [6.45, 7) is 0.593. The molecule has 0 bridgehead atoms. The first kappa shape index (κ1) is 15.8. The maximum absolute atomic E-state index is 12.1. The quantitative estimate of drug-likeness (QED) is 0.822. The Bertz CT molecular complexity index is 579. The van der Waals surface area contributed by atoms with Crippen molar-refractivity contribution in [3.8, 4) is 5.75 Å². The minimum absolute atomic E-state index is 0.206. The molecule has 0 atom stereocenters. The van der Waals surface area contributed by atoms with Crippen molar-refractivity contribution in [2.75, 3.05) is 19.7 Å². The summed E-state index contributed by atoms with van der Waals surface area (Å²) in [6.07, 6.45) is 0.887. The number of nitrogens with zero attached hydrogens (tertiary/aromatic N) is 1. The summed E-state index contributed by atoms with van der Waals surface area (Å²) >= 11 is 0. The Balaban J connectivity index is 1.89. The Morgan fingerprint density at radius 2 is 1.86 bits per heavy atom. The van der Waals surface area contributed by atoms with Gasteiger partial charge in [-0.3, -0.25) is 14.4 Å². The van der Waals surface area contributed by atoms with Crippen molar-refractivity contribution in [1.29, 1.82) is 0 Å². The predicted octanol–water partition coefficient (Wildman–Crippen LogP) is 0.487. The highest BCUT2D eigenvalue weighted by Gasteiger charge is 2.27. The minimum Gasteiger partial charge on any atom is -0.483 e. The highest BCUT2D eigenvalue weighted by Crippen LogP contribution is 2.19. The van der Waals surface area contributed by atoms with E-state index in [1.54, 1.807) is 23.1 Å². The van der Waals surface area contributed by atoms with Crippen LogP contribution in [0.3, 0.4) is 0 Å². The molecule has 0 radical (unpaired) electrons. The van der Waals surface area contributed by atoms with E-state index in [0.29, 0.717) is 25.9 Å². The normalized spacial score (nSPS) is 15.4. The summed E-state index contributed by atoms with van der Waals surface area (Å²) in [4.78, 5) is 35.8. The molecule has 7 nitrogen and oxygen atoms in total.